The second-order valence-corrected chi connectivity index (χ2v) is 8.10. The number of hydrogen-bond acceptors (Lipinski definition) is 4. The number of fused-ring (bicyclic) bond motifs is 1. The van der Waals surface area contributed by atoms with Gasteiger partial charge < -0.3 is 15.3 Å². The Balaban J connectivity index is 1.51. The summed E-state index contributed by atoms with van der Waals surface area (Å²) in [5.74, 6) is 0.836. The van der Waals surface area contributed by atoms with Gasteiger partial charge in [-0.1, -0.05) is 42.5 Å². The van der Waals surface area contributed by atoms with Crippen LogP contribution in [0, 0.1) is 11.8 Å². The molecule has 29 heavy (non-hydrogen) atoms. The molecule has 0 aliphatic carbocycles. The largest absolute Gasteiger partial charge is 0.508 e. The molecule has 0 saturated carbocycles. The highest BCUT2D eigenvalue weighted by Crippen LogP contribution is 2.45. The number of rotatable bonds is 5. The first-order valence-corrected chi connectivity index (χ1v) is 10.1. The van der Waals surface area contributed by atoms with Crippen molar-refractivity contribution in [1.82, 2.24) is 15.1 Å². The summed E-state index contributed by atoms with van der Waals surface area (Å²) < 4.78 is 0. The molecule has 2 fully saturated rings. The number of carbonyl (C=O) groups excluding carboxylic acids is 2. The van der Waals surface area contributed by atoms with E-state index in [1.54, 1.807) is 6.07 Å². The number of nitrogens with one attached hydrogen (secondary N) is 1. The van der Waals surface area contributed by atoms with Crippen LogP contribution < -0.4 is 5.32 Å². The molecule has 0 unspecified atom stereocenters. The number of amides is 2. The highest BCUT2D eigenvalue weighted by atomic mass is 16.3. The van der Waals surface area contributed by atoms with Gasteiger partial charge in [0.1, 0.15) is 5.75 Å². The molecule has 2 aliphatic rings. The lowest BCUT2D eigenvalue weighted by atomic mass is 9.89. The second kappa shape index (κ2) is 8.25. The minimum Gasteiger partial charge on any atom is -0.508 e. The van der Waals surface area contributed by atoms with Gasteiger partial charge in [-0.05, 0) is 29.2 Å². The summed E-state index contributed by atoms with van der Waals surface area (Å²) >= 11 is 0. The SMILES string of the molecule is CC(=O)NCC(=O)N1C[C@@H]2CN(Cc3cccc(O)c3)C[C@@H]2[C@H]1c1ccccc1. The van der Waals surface area contributed by atoms with Crippen molar-refractivity contribution in [2.75, 3.05) is 26.2 Å². The Morgan fingerprint density at radius 3 is 2.59 bits per heavy atom. The van der Waals surface area contributed by atoms with E-state index >= 15 is 0 Å². The maximum Gasteiger partial charge on any atom is 0.242 e. The monoisotopic (exact) mass is 393 g/mol. The average molecular weight is 393 g/mol. The van der Waals surface area contributed by atoms with E-state index in [1.807, 2.05) is 41.3 Å². The van der Waals surface area contributed by atoms with Crippen LogP contribution in [0.5, 0.6) is 5.75 Å². The van der Waals surface area contributed by atoms with E-state index in [4.69, 9.17) is 0 Å². The second-order valence-electron chi connectivity index (χ2n) is 8.10. The number of phenolic OH excluding ortho intramolecular Hbond substituents is 1. The Bertz CT molecular complexity index is 886. The van der Waals surface area contributed by atoms with Gasteiger partial charge in [-0.3, -0.25) is 14.5 Å². The maximum absolute atomic E-state index is 12.8. The van der Waals surface area contributed by atoms with Crippen molar-refractivity contribution in [2.24, 2.45) is 11.8 Å². The van der Waals surface area contributed by atoms with Crippen LogP contribution in [0.15, 0.2) is 54.6 Å². The Hall–Kier alpha value is -2.86. The standard InChI is InChI=1S/C23H27N3O3/c1-16(27)24-11-22(29)26-14-19-13-25(12-17-6-5-9-20(28)10-17)15-21(19)23(26)18-7-3-2-4-8-18/h2-10,19,21,23,28H,11-15H2,1H3,(H,24,27)/t19-,21-,23+/m0/s1. The van der Waals surface area contributed by atoms with Crippen molar-refractivity contribution < 1.29 is 14.7 Å². The number of hydrogen-bond donors (Lipinski definition) is 2. The molecule has 2 saturated heterocycles. The zero-order valence-corrected chi connectivity index (χ0v) is 16.6. The van der Waals surface area contributed by atoms with Gasteiger partial charge >= 0.3 is 0 Å². The summed E-state index contributed by atoms with van der Waals surface area (Å²) in [6, 6.07) is 17.6. The van der Waals surface area contributed by atoms with Gasteiger partial charge in [-0.15, -0.1) is 0 Å². The summed E-state index contributed by atoms with van der Waals surface area (Å²) in [6.07, 6.45) is 0. The molecule has 2 N–H and O–H groups in total. The van der Waals surface area contributed by atoms with Crippen LogP contribution in [0.1, 0.15) is 24.1 Å². The van der Waals surface area contributed by atoms with Gasteiger partial charge in [-0.25, -0.2) is 0 Å². The van der Waals surface area contributed by atoms with E-state index in [0.717, 1.165) is 30.8 Å². The number of likely N-dealkylation sites (tertiary alicyclic amines) is 2. The summed E-state index contributed by atoms with van der Waals surface area (Å²) in [5, 5.41) is 12.4. The zero-order chi connectivity index (χ0) is 20.4. The van der Waals surface area contributed by atoms with Gasteiger partial charge in [0.2, 0.25) is 11.8 Å². The third-order valence-corrected chi connectivity index (χ3v) is 6.01. The molecular weight excluding hydrogens is 366 g/mol. The lowest BCUT2D eigenvalue weighted by molar-refractivity contribution is -0.133. The molecule has 0 spiro atoms. The molecule has 6 heteroatoms. The van der Waals surface area contributed by atoms with E-state index in [1.165, 1.54) is 6.92 Å². The predicted molar refractivity (Wildman–Crippen MR) is 110 cm³/mol. The van der Waals surface area contributed by atoms with Crippen LogP contribution in [0.25, 0.3) is 0 Å². The summed E-state index contributed by atoms with van der Waals surface area (Å²) in [6.45, 7) is 4.81. The van der Waals surface area contributed by atoms with Crippen LogP contribution in [0.2, 0.25) is 0 Å². The Kier molecular flexibility index (Phi) is 5.53. The Labute approximate surface area is 171 Å². The predicted octanol–water partition coefficient (Wildman–Crippen LogP) is 2.16. The molecule has 2 aromatic carbocycles. The first-order chi connectivity index (χ1) is 14.0. The fourth-order valence-electron chi connectivity index (χ4n) is 4.81. The molecule has 2 heterocycles. The molecule has 4 rings (SSSR count). The Morgan fingerprint density at radius 2 is 1.86 bits per heavy atom. The highest BCUT2D eigenvalue weighted by molar-refractivity contribution is 5.84. The van der Waals surface area contributed by atoms with E-state index < -0.39 is 0 Å². The molecule has 2 aromatic rings. The van der Waals surface area contributed by atoms with E-state index in [-0.39, 0.29) is 24.4 Å². The van der Waals surface area contributed by atoms with Crippen molar-refractivity contribution in [3.8, 4) is 5.75 Å². The van der Waals surface area contributed by atoms with Crippen LogP contribution in [-0.2, 0) is 16.1 Å². The van der Waals surface area contributed by atoms with Crippen molar-refractivity contribution in [1.29, 1.82) is 0 Å². The Morgan fingerprint density at radius 1 is 1.07 bits per heavy atom. The number of carbonyl (C=O) groups is 2. The molecule has 2 amide bonds. The van der Waals surface area contributed by atoms with E-state index in [9.17, 15) is 14.7 Å². The maximum atomic E-state index is 12.8. The lowest BCUT2D eigenvalue weighted by Gasteiger charge is -2.30. The molecule has 6 nitrogen and oxygen atoms in total. The van der Waals surface area contributed by atoms with E-state index in [0.29, 0.717) is 24.1 Å². The minimum atomic E-state index is -0.189. The number of nitrogens with zero attached hydrogens (tertiary/aromatic N) is 2. The lowest BCUT2D eigenvalue weighted by Crippen LogP contribution is -2.41. The summed E-state index contributed by atoms with van der Waals surface area (Å²) in [4.78, 5) is 28.5. The van der Waals surface area contributed by atoms with Crippen LogP contribution in [0.4, 0.5) is 0 Å². The van der Waals surface area contributed by atoms with E-state index in [2.05, 4.69) is 22.3 Å². The molecule has 0 bridgehead atoms. The van der Waals surface area contributed by atoms with Crippen LogP contribution >= 0.6 is 0 Å². The highest BCUT2D eigenvalue weighted by Gasteiger charge is 2.48. The fraction of sp³-hybridized carbons (Fsp3) is 0.391. The van der Waals surface area contributed by atoms with Crippen molar-refractivity contribution in [2.45, 2.75) is 19.5 Å². The average Bonchev–Trinajstić information content (AvgIpc) is 3.24. The molecule has 0 aromatic heterocycles. The number of phenols is 1. The van der Waals surface area contributed by atoms with Gasteiger partial charge in [0.25, 0.3) is 0 Å². The number of aromatic hydroxyl groups is 1. The van der Waals surface area contributed by atoms with Gasteiger partial charge in [-0.2, -0.15) is 0 Å². The minimum absolute atomic E-state index is 0.0247. The topological polar surface area (TPSA) is 72.9 Å². The first-order valence-electron chi connectivity index (χ1n) is 10.1. The molecule has 0 radical (unpaired) electrons. The van der Waals surface area contributed by atoms with Gasteiger partial charge in [0.15, 0.2) is 0 Å². The zero-order valence-electron chi connectivity index (χ0n) is 16.6. The third-order valence-electron chi connectivity index (χ3n) is 6.01. The first kappa shape index (κ1) is 19.5. The van der Waals surface area contributed by atoms with Crippen molar-refractivity contribution in [3.63, 3.8) is 0 Å². The van der Waals surface area contributed by atoms with Gasteiger partial charge in [0, 0.05) is 39.0 Å². The summed E-state index contributed by atoms with van der Waals surface area (Å²) in [5.41, 5.74) is 2.25. The smallest absolute Gasteiger partial charge is 0.242 e. The quantitative estimate of drug-likeness (QED) is 0.817. The van der Waals surface area contributed by atoms with Crippen molar-refractivity contribution >= 4 is 11.8 Å². The van der Waals surface area contributed by atoms with Crippen LogP contribution in [-0.4, -0.2) is 52.9 Å². The molecular formula is C23H27N3O3. The fourth-order valence-corrected chi connectivity index (χ4v) is 4.81. The molecule has 152 valence electrons. The third kappa shape index (κ3) is 4.27. The molecule has 2 aliphatic heterocycles. The van der Waals surface area contributed by atoms with Crippen LogP contribution in [0.3, 0.4) is 0 Å². The summed E-state index contributed by atoms with van der Waals surface area (Å²) in [7, 11) is 0. The normalized spacial score (nSPS) is 23.8. The molecule has 3 atom stereocenters. The van der Waals surface area contributed by atoms with Crippen molar-refractivity contribution in [3.05, 3.63) is 65.7 Å². The van der Waals surface area contributed by atoms with Gasteiger partial charge in [0.05, 0.1) is 12.6 Å². The number of benzene rings is 2.